The van der Waals surface area contributed by atoms with E-state index in [2.05, 4.69) is 176 Å². The second kappa shape index (κ2) is 14.6. The predicted molar refractivity (Wildman–Crippen MR) is 276 cm³/mol. The Morgan fingerprint density at radius 3 is 1.19 bits per heavy atom. The lowest BCUT2D eigenvalue weighted by molar-refractivity contribution is 0.794. The Labute approximate surface area is 388 Å². The van der Waals surface area contributed by atoms with E-state index in [9.17, 15) is 0 Å². The smallest absolute Gasteiger partial charge is 0.164 e. The van der Waals surface area contributed by atoms with Gasteiger partial charge >= 0.3 is 0 Å². The van der Waals surface area contributed by atoms with Crippen molar-refractivity contribution >= 4 is 32.3 Å². The van der Waals surface area contributed by atoms with Crippen molar-refractivity contribution in [1.82, 2.24) is 15.0 Å². The van der Waals surface area contributed by atoms with Crippen LogP contribution in [0.25, 0.3) is 111 Å². The number of hydrogen-bond acceptors (Lipinski definition) is 3. The molecule has 0 atom stereocenters. The molecular formula is C64H39N3. The van der Waals surface area contributed by atoms with Crippen LogP contribution >= 0.6 is 0 Å². The second-order valence-electron chi connectivity index (χ2n) is 17.8. The predicted octanol–water partition coefficient (Wildman–Crippen LogP) is 16.0. The van der Waals surface area contributed by atoms with Crippen LogP contribution in [-0.2, 0) is 5.41 Å². The maximum atomic E-state index is 5.01. The first-order chi connectivity index (χ1) is 33.2. The van der Waals surface area contributed by atoms with Gasteiger partial charge in [-0.3, -0.25) is 0 Å². The lowest BCUT2D eigenvalue weighted by Gasteiger charge is -2.30. The number of fused-ring (bicyclic) bond motifs is 16. The van der Waals surface area contributed by atoms with Crippen molar-refractivity contribution < 1.29 is 0 Å². The van der Waals surface area contributed by atoms with Gasteiger partial charge < -0.3 is 0 Å². The summed E-state index contributed by atoms with van der Waals surface area (Å²) >= 11 is 0. The van der Waals surface area contributed by atoms with Crippen molar-refractivity contribution in [1.29, 1.82) is 0 Å². The zero-order chi connectivity index (χ0) is 44.1. The van der Waals surface area contributed by atoms with Crippen LogP contribution in [-0.4, -0.2) is 15.0 Å². The van der Waals surface area contributed by atoms with Crippen molar-refractivity contribution in [2.75, 3.05) is 0 Å². The van der Waals surface area contributed by atoms with Crippen molar-refractivity contribution in [2.45, 2.75) is 5.41 Å². The monoisotopic (exact) mass is 849 g/mol. The molecule has 0 unspecified atom stereocenters. The van der Waals surface area contributed by atoms with Crippen LogP contribution < -0.4 is 0 Å². The maximum Gasteiger partial charge on any atom is 0.164 e. The molecule has 0 saturated carbocycles. The van der Waals surface area contributed by atoms with E-state index in [0.717, 1.165) is 22.3 Å². The molecule has 0 radical (unpaired) electrons. The minimum atomic E-state index is -0.392. The summed E-state index contributed by atoms with van der Waals surface area (Å²) in [5, 5.41) is 7.46. The summed E-state index contributed by atoms with van der Waals surface area (Å²) in [6, 6.07) is 86.0. The molecule has 2 aliphatic rings. The summed E-state index contributed by atoms with van der Waals surface area (Å²) in [5.41, 5.74) is 17.9. The molecule has 1 heterocycles. The van der Waals surface area contributed by atoms with Crippen molar-refractivity contribution in [3.63, 3.8) is 0 Å². The third-order valence-corrected chi connectivity index (χ3v) is 14.3. The van der Waals surface area contributed by atoms with Gasteiger partial charge in [0, 0.05) is 16.7 Å². The molecule has 0 amide bonds. The molecule has 3 heteroatoms. The van der Waals surface area contributed by atoms with Crippen LogP contribution in [0.2, 0.25) is 0 Å². The number of benzene rings is 11. The van der Waals surface area contributed by atoms with E-state index in [-0.39, 0.29) is 0 Å². The topological polar surface area (TPSA) is 38.7 Å². The number of hydrogen-bond donors (Lipinski definition) is 0. The highest BCUT2D eigenvalue weighted by molar-refractivity contribution is 6.28. The number of nitrogens with zero attached hydrogens (tertiary/aromatic N) is 3. The van der Waals surface area contributed by atoms with Crippen LogP contribution in [0.1, 0.15) is 22.3 Å². The Bertz CT molecular complexity index is 3850. The summed E-state index contributed by atoms with van der Waals surface area (Å²) in [5.74, 6) is 1.95. The molecule has 3 nitrogen and oxygen atoms in total. The molecular weight excluding hydrogens is 811 g/mol. The van der Waals surface area contributed by atoms with Crippen LogP contribution in [0.4, 0.5) is 0 Å². The standard InChI is InChI=1S/C64H39N3/c1-3-16-41(17-4-1)61-65-62(42-18-5-2-6-19-42)67-63(66-61)43-32-30-40(31-33-43)46-25-15-26-53-47-20-7-8-21-48(47)55-38-44(35-37-54(55)60(46)53)45-34-36-52-51-24-11-14-29-58(51)64(59(52)39-45)56-27-12-9-22-49(56)50-23-10-13-28-57(50)64/h1-39H. The maximum absolute atomic E-state index is 5.01. The SMILES string of the molecule is c1ccc(-c2nc(-c3ccccc3)nc(-c3ccc(-c4cccc5c6ccccc6c6cc(-c7ccc8c(c7)C7(c9ccccc9-c9ccccc97)c7ccccc7-8)ccc6c45)cc3)n2)cc1. The average Bonchev–Trinajstić information content (AvgIpc) is 3.88. The van der Waals surface area contributed by atoms with Crippen molar-refractivity contribution in [3.8, 4) is 78.7 Å². The van der Waals surface area contributed by atoms with Crippen LogP contribution in [0.5, 0.6) is 0 Å². The molecule has 0 saturated heterocycles. The minimum Gasteiger partial charge on any atom is -0.208 e. The van der Waals surface area contributed by atoms with E-state index in [1.54, 1.807) is 0 Å². The molecule has 11 aromatic carbocycles. The molecule has 1 aromatic heterocycles. The zero-order valence-corrected chi connectivity index (χ0v) is 36.4. The first-order valence-electron chi connectivity index (χ1n) is 23.0. The molecule has 1 spiro atoms. The molecule has 12 aromatic rings. The van der Waals surface area contributed by atoms with Gasteiger partial charge in [-0.25, -0.2) is 15.0 Å². The highest BCUT2D eigenvalue weighted by Gasteiger charge is 2.51. The fourth-order valence-corrected chi connectivity index (χ4v) is 11.4. The van der Waals surface area contributed by atoms with E-state index in [4.69, 9.17) is 15.0 Å². The van der Waals surface area contributed by atoms with Gasteiger partial charge in [-0.2, -0.15) is 0 Å². The third kappa shape index (κ3) is 5.55. The summed E-state index contributed by atoms with van der Waals surface area (Å²) < 4.78 is 0. The summed E-state index contributed by atoms with van der Waals surface area (Å²) in [6.07, 6.45) is 0. The van der Waals surface area contributed by atoms with Gasteiger partial charge in [-0.15, -0.1) is 0 Å². The van der Waals surface area contributed by atoms with Gasteiger partial charge in [-0.05, 0) is 111 Å². The van der Waals surface area contributed by atoms with Gasteiger partial charge in [0.25, 0.3) is 0 Å². The van der Waals surface area contributed by atoms with Crippen LogP contribution in [0.15, 0.2) is 237 Å². The van der Waals surface area contributed by atoms with Crippen molar-refractivity contribution in [2.24, 2.45) is 0 Å². The van der Waals surface area contributed by atoms with Gasteiger partial charge in [0.15, 0.2) is 17.5 Å². The summed E-state index contributed by atoms with van der Waals surface area (Å²) in [7, 11) is 0. The fraction of sp³-hybridized carbons (Fsp3) is 0.0156. The molecule has 14 rings (SSSR count). The Morgan fingerprint density at radius 1 is 0.224 bits per heavy atom. The Kier molecular flexibility index (Phi) is 8.20. The largest absolute Gasteiger partial charge is 0.208 e. The van der Waals surface area contributed by atoms with E-state index in [1.165, 1.54) is 93.5 Å². The lowest BCUT2D eigenvalue weighted by Crippen LogP contribution is -2.25. The van der Waals surface area contributed by atoms with Gasteiger partial charge in [0.2, 0.25) is 0 Å². The molecule has 0 aliphatic heterocycles. The van der Waals surface area contributed by atoms with Gasteiger partial charge in [0.1, 0.15) is 0 Å². The Hall–Kier alpha value is -8.79. The first-order valence-corrected chi connectivity index (χ1v) is 23.0. The summed E-state index contributed by atoms with van der Waals surface area (Å²) in [4.78, 5) is 14.9. The van der Waals surface area contributed by atoms with Crippen molar-refractivity contribution in [3.05, 3.63) is 259 Å². The van der Waals surface area contributed by atoms with Crippen LogP contribution in [0.3, 0.4) is 0 Å². The third-order valence-electron chi connectivity index (χ3n) is 14.3. The molecule has 310 valence electrons. The number of rotatable bonds is 5. The molecule has 67 heavy (non-hydrogen) atoms. The van der Waals surface area contributed by atoms with E-state index >= 15 is 0 Å². The van der Waals surface area contributed by atoms with Gasteiger partial charge in [-0.1, -0.05) is 224 Å². The highest BCUT2D eigenvalue weighted by Crippen LogP contribution is 2.63. The molecule has 0 fully saturated rings. The van der Waals surface area contributed by atoms with Crippen LogP contribution in [0, 0.1) is 0 Å². The highest BCUT2D eigenvalue weighted by atomic mass is 15.0. The Balaban J connectivity index is 0.918. The second-order valence-corrected chi connectivity index (χ2v) is 17.8. The fourth-order valence-electron chi connectivity index (χ4n) is 11.4. The molecule has 0 N–H and O–H groups in total. The van der Waals surface area contributed by atoms with E-state index in [1.807, 2.05) is 60.7 Å². The van der Waals surface area contributed by atoms with Gasteiger partial charge in [0.05, 0.1) is 5.41 Å². The lowest BCUT2D eigenvalue weighted by atomic mass is 9.70. The van der Waals surface area contributed by atoms with E-state index < -0.39 is 5.41 Å². The molecule has 0 bridgehead atoms. The minimum absolute atomic E-state index is 0.392. The summed E-state index contributed by atoms with van der Waals surface area (Å²) in [6.45, 7) is 0. The normalized spacial score (nSPS) is 12.9. The molecule has 2 aliphatic carbocycles. The number of aromatic nitrogens is 3. The average molecular weight is 850 g/mol. The Morgan fingerprint density at radius 2 is 0.612 bits per heavy atom. The first kappa shape index (κ1) is 37.6. The zero-order valence-electron chi connectivity index (χ0n) is 36.4. The van der Waals surface area contributed by atoms with E-state index in [0.29, 0.717) is 17.5 Å². The quantitative estimate of drug-likeness (QED) is 0.162.